The molecule has 0 bridgehead atoms. The Kier molecular flexibility index (Phi) is 3.74. The summed E-state index contributed by atoms with van der Waals surface area (Å²) in [4.78, 5) is 4.95. The number of aromatic nitrogens is 4. The first-order chi connectivity index (χ1) is 14.8. The summed E-state index contributed by atoms with van der Waals surface area (Å²) in [6, 6.07) is 27.4. The molecule has 0 aliphatic rings. The van der Waals surface area contributed by atoms with Crippen molar-refractivity contribution in [2.45, 2.75) is 0 Å². The fourth-order valence-electron chi connectivity index (χ4n) is 3.88. The number of fused-ring (bicyclic) bond motifs is 3. The molecule has 0 N–H and O–H groups in total. The Bertz CT molecular complexity index is 1440. The van der Waals surface area contributed by atoms with Crippen LogP contribution in [-0.2, 0) is 0 Å². The highest BCUT2D eigenvalue weighted by Crippen LogP contribution is 2.25. The van der Waals surface area contributed by atoms with Crippen LogP contribution in [0.3, 0.4) is 0 Å². The second-order valence-corrected chi connectivity index (χ2v) is 7.39. The van der Waals surface area contributed by atoms with Crippen molar-refractivity contribution in [1.29, 1.82) is 0 Å². The molecule has 6 rings (SSSR count). The second-order valence-electron chi connectivity index (χ2n) is 7.39. The highest BCUT2D eigenvalue weighted by molar-refractivity contribution is 5.88. The van der Waals surface area contributed by atoms with Crippen LogP contribution < -0.4 is 4.57 Å². The topological polar surface area (TPSA) is 42.5 Å². The molecule has 0 radical (unpaired) electrons. The Balaban J connectivity index is 1.46. The van der Waals surface area contributed by atoms with Crippen LogP contribution in [0.1, 0.15) is 0 Å². The third kappa shape index (κ3) is 2.86. The summed E-state index contributed by atoms with van der Waals surface area (Å²) in [6.45, 7) is 0. The molecule has 0 unspecified atom stereocenters. The van der Waals surface area contributed by atoms with E-state index in [2.05, 4.69) is 106 Å². The lowest BCUT2D eigenvalue weighted by molar-refractivity contribution is -0.594. The average Bonchev–Trinajstić information content (AvgIpc) is 2.82. The number of pyridine rings is 2. The lowest BCUT2D eigenvalue weighted by Gasteiger charge is -2.06. The van der Waals surface area contributed by atoms with Crippen molar-refractivity contribution < 1.29 is 4.57 Å². The molecule has 0 spiro atoms. The molecule has 0 aliphatic heterocycles. The number of hydrogen-bond acceptors (Lipinski definition) is 3. The fourth-order valence-corrected chi connectivity index (χ4v) is 3.88. The van der Waals surface area contributed by atoms with E-state index in [1.807, 2.05) is 0 Å². The van der Waals surface area contributed by atoms with E-state index in [4.69, 9.17) is 4.98 Å². The molecule has 0 aliphatic carbocycles. The van der Waals surface area contributed by atoms with Gasteiger partial charge in [-0.1, -0.05) is 36.4 Å². The first-order valence-electron chi connectivity index (χ1n) is 9.86. The summed E-state index contributed by atoms with van der Waals surface area (Å²) in [6.07, 6.45) is 7.82. The van der Waals surface area contributed by atoms with Gasteiger partial charge >= 0.3 is 0 Å². The van der Waals surface area contributed by atoms with Crippen LogP contribution in [-0.4, -0.2) is 15.2 Å². The van der Waals surface area contributed by atoms with Gasteiger partial charge in [-0.15, -0.1) is 0 Å². The zero-order valence-electron chi connectivity index (χ0n) is 16.1. The van der Waals surface area contributed by atoms with E-state index in [9.17, 15) is 0 Å². The van der Waals surface area contributed by atoms with Gasteiger partial charge in [0.05, 0.1) is 23.6 Å². The molecular weight excluding hydrogens is 368 g/mol. The molecule has 0 atom stereocenters. The quantitative estimate of drug-likeness (QED) is 0.381. The van der Waals surface area contributed by atoms with Crippen molar-refractivity contribution in [2.75, 3.05) is 0 Å². The Morgan fingerprint density at radius 2 is 1.40 bits per heavy atom. The standard InChI is InChI=1S/C26H17N4/c1-2-4-22-17-30(12-11-18(22)3-1)24-9-7-19-8-10-25(29-26(19)14-24)20-5-6-21-15-27-28-16-23(21)13-20/h1-17H/q+1. The van der Waals surface area contributed by atoms with Gasteiger partial charge in [0.15, 0.2) is 12.4 Å². The predicted octanol–water partition coefficient (Wildman–Crippen LogP) is 5.27. The zero-order valence-corrected chi connectivity index (χ0v) is 16.1. The molecule has 0 saturated heterocycles. The first kappa shape index (κ1) is 16.7. The minimum Gasteiger partial charge on any atom is -0.248 e. The fraction of sp³-hybridized carbons (Fsp3) is 0. The van der Waals surface area contributed by atoms with Crippen LogP contribution in [0.25, 0.3) is 49.4 Å². The molecule has 30 heavy (non-hydrogen) atoms. The molecule has 140 valence electrons. The molecule has 4 nitrogen and oxygen atoms in total. The highest BCUT2D eigenvalue weighted by Gasteiger charge is 2.10. The molecule has 0 amide bonds. The van der Waals surface area contributed by atoms with Gasteiger partial charge in [0.2, 0.25) is 5.69 Å². The summed E-state index contributed by atoms with van der Waals surface area (Å²) in [7, 11) is 0. The van der Waals surface area contributed by atoms with Gasteiger partial charge < -0.3 is 0 Å². The lowest BCUT2D eigenvalue weighted by Crippen LogP contribution is -2.29. The number of rotatable bonds is 2. The van der Waals surface area contributed by atoms with Gasteiger partial charge in [-0.25, -0.2) is 4.98 Å². The van der Waals surface area contributed by atoms with E-state index in [1.165, 1.54) is 10.8 Å². The van der Waals surface area contributed by atoms with Crippen LogP contribution in [0.4, 0.5) is 0 Å². The number of hydrogen-bond donors (Lipinski definition) is 0. The number of nitrogens with zero attached hydrogens (tertiary/aromatic N) is 4. The van der Waals surface area contributed by atoms with Gasteiger partial charge in [-0.3, -0.25) is 0 Å². The summed E-state index contributed by atoms with van der Waals surface area (Å²) in [5.74, 6) is 0. The van der Waals surface area contributed by atoms with Crippen molar-refractivity contribution in [3.63, 3.8) is 0 Å². The van der Waals surface area contributed by atoms with Crippen molar-refractivity contribution >= 4 is 32.4 Å². The number of benzene rings is 3. The zero-order chi connectivity index (χ0) is 19.9. The minimum atomic E-state index is 0.946. The second kappa shape index (κ2) is 6.71. The predicted molar refractivity (Wildman–Crippen MR) is 119 cm³/mol. The Morgan fingerprint density at radius 1 is 0.600 bits per heavy atom. The smallest absolute Gasteiger partial charge is 0.212 e. The molecule has 3 aromatic heterocycles. The monoisotopic (exact) mass is 385 g/mol. The Morgan fingerprint density at radius 3 is 2.33 bits per heavy atom. The molecule has 0 fully saturated rings. The molecule has 4 heteroatoms. The van der Waals surface area contributed by atoms with E-state index in [1.54, 1.807) is 12.4 Å². The Labute approximate surface area is 173 Å². The van der Waals surface area contributed by atoms with Crippen molar-refractivity contribution in [3.8, 4) is 16.9 Å². The molecular formula is C26H17N4+. The van der Waals surface area contributed by atoms with Gasteiger partial charge in [0.25, 0.3) is 0 Å². The van der Waals surface area contributed by atoms with Gasteiger partial charge in [-0.2, -0.15) is 14.8 Å². The summed E-state index contributed by atoms with van der Waals surface area (Å²) >= 11 is 0. The van der Waals surface area contributed by atoms with Crippen molar-refractivity contribution in [3.05, 3.63) is 104 Å². The minimum absolute atomic E-state index is 0.946. The summed E-state index contributed by atoms with van der Waals surface area (Å²) in [5, 5.41) is 13.6. The molecule has 3 aromatic carbocycles. The molecule has 0 saturated carbocycles. The van der Waals surface area contributed by atoms with E-state index in [-0.39, 0.29) is 0 Å². The van der Waals surface area contributed by atoms with Crippen LogP contribution in [0.15, 0.2) is 104 Å². The van der Waals surface area contributed by atoms with E-state index in [0.717, 1.165) is 38.6 Å². The van der Waals surface area contributed by atoms with Crippen LogP contribution in [0.5, 0.6) is 0 Å². The third-order valence-electron chi connectivity index (χ3n) is 5.51. The highest BCUT2D eigenvalue weighted by atomic mass is 15.1. The SMILES string of the molecule is c1ccc2c[n+](-c3ccc4ccc(-c5ccc6cnncc6c5)nc4c3)ccc2c1. The summed E-state index contributed by atoms with van der Waals surface area (Å²) in [5.41, 5.74) is 4.08. The van der Waals surface area contributed by atoms with E-state index < -0.39 is 0 Å². The van der Waals surface area contributed by atoms with Gasteiger partial charge in [0.1, 0.15) is 0 Å². The van der Waals surface area contributed by atoms with Gasteiger partial charge in [-0.05, 0) is 29.7 Å². The van der Waals surface area contributed by atoms with Gasteiger partial charge in [0, 0.05) is 45.3 Å². The molecule has 3 heterocycles. The lowest BCUT2D eigenvalue weighted by atomic mass is 10.1. The first-order valence-corrected chi connectivity index (χ1v) is 9.86. The Hall–Kier alpha value is -4.18. The maximum Gasteiger partial charge on any atom is 0.212 e. The normalized spacial score (nSPS) is 11.3. The van der Waals surface area contributed by atoms with Crippen LogP contribution in [0.2, 0.25) is 0 Å². The largest absolute Gasteiger partial charge is 0.248 e. The van der Waals surface area contributed by atoms with Crippen molar-refractivity contribution in [2.24, 2.45) is 0 Å². The van der Waals surface area contributed by atoms with E-state index >= 15 is 0 Å². The maximum absolute atomic E-state index is 4.95. The van der Waals surface area contributed by atoms with Crippen LogP contribution >= 0.6 is 0 Å². The summed E-state index contributed by atoms with van der Waals surface area (Å²) < 4.78 is 2.14. The average molecular weight is 385 g/mol. The van der Waals surface area contributed by atoms with Crippen LogP contribution in [0, 0.1) is 0 Å². The van der Waals surface area contributed by atoms with Crippen molar-refractivity contribution in [1.82, 2.24) is 15.2 Å². The van der Waals surface area contributed by atoms with E-state index in [0.29, 0.717) is 0 Å². The third-order valence-corrected chi connectivity index (χ3v) is 5.51. The molecule has 6 aromatic rings. The maximum atomic E-state index is 4.95.